The monoisotopic (exact) mass is 600 g/mol. The molecule has 0 aliphatic carbocycles. The Bertz CT molecular complexity index is 1420. The summed E-state index contributed by atoms with van der Waals surface area (Å²) in [4.78, 5) is 0. The number of halogens is 2. The zero-order chi connectivity index (χ0) is 25.7. The fourth-order valence-electron chi connectivity index (χ4n) is 4.89. The zero-order valence-corrected chi connectivity index (χ0v) is 26.0. The average molecular weight is 603 g/mol. The van der Waals surface area contributed by atoms with E-state index in [-0.39, 0.29) is 0 Å². The predicted molar refractivity (Wildman–Crippen MR) is 156 cm³/mol. The van der Waals surface area contributed by atoms with Crippen LogP contribution >= 0.6 is 17.0 Å². The standard InChI is InChI=1S/C20H21.C12H7Si.2ClH.Zr/c1-5-16-11-17-7-6-15(4)20(19(17)12-16)18-9-13(2)8-14(3)10-18;1-3-7-11-9(5-1)10-6-2-4-8-12(10)13-11;;;/h6-12H,5H2,1-4H3;1-7H;2*1H;/q2*-1;;;+4/p-2. The molecule has 0 bridgehead atoms. The van der Waals surface area contributed by atoms with Gasteiger partial charge in [-0.3, -0.25) is 0 Å². The van der Waals surface area contributed by atoms with Crippen molar-refractivity contribution in [2.75, 3.05) is 0 Å². The number of benzene rings is 4. The number of fused-ring (bicyclic) bond motifs is 4. The summed E-state index contributed by atoms with van der Waals surface area (Å²) in [5.74, 6) is 0. The van der Waals surface area contributed by atoms with Crippen LogP contribution in [0.5, 0.6) is 0 Å². The van der Waals surface area contributed by atoms with E-state index in [0.717, 1.165) is 15.9 Å². The molecule has 1 heterocycles. The van der Waals surface area contributed by atoms with Gasteiger partial charge in [-0.25, -0.2) is 0 Å². The molecule has 6 rings (SSSR count). The second-order valence-electron chi connectivity index (χ2n) is 9.05. The topological polar surface area (TPSA) is 0 Å². The molecule has 2 radical (unpaired) electrons. The SMILES string of the molecule is CCc1cc2c(-c3cc(C)cc(C)c3)c(C)ccc2[cH-]1.[Cl][Zr+2][Cl].[c-]1cccc2c1[Si]c1ccccc1-2. The molecule has 0 saturated carbocycles. The van der Waals surface area contributed by atoms with Gasteiger partial charge in [0.25, 0.3) is 0 Å². The molecule has 0 fully saturated rings. The summed E-state index contributed by atoms with van der Waals surface area (Å²) in [6.07, 6.45) is 1.10. The molecule has 1 aliphatic rings. The second-order valence-corrected chi connectivity index (χ2v) is 14.1. The fraction of sp³-hybridized carbons (Fsp3) is 0.156. The van der Waals surface area contributed by atoms with Crippen LogP contribution in [0.15, 0.2) is 84.9 Å². The van der Waals surface area contributed by atoms with E-state index < -0.39 is 20.8 Å². The molecule has 0 N–H and O–H groups in total. The van der Waals surface area contributed by atoms with Gasteiger partial charge >= 0.3 is 37.9 Å². The van der Waals surface area contributed by atoms with Gasteiger partial charge in [0.1, 0.15) is 0 Å². The molecule has 0 aromatic heterocycles. The van der Waals surface area contributed by atoms with Crippen molar-refractivity contribution in [1.82, 2.24) is 0 Å². The van der Waals surface area contributed by atoms with Crippen LogP contribution in [0.25, 0.3) is 33.0 Å². The Morgan fingerprint density at radius 1 is 0.861 bits per heavy atom. The van der Waals surface area contributed by atoms with Crippen molar-refractivity contribution in [2.24, 2.45) is 0 Å². The van der Waals surface area contributed by atoms with Gasteiger partial charge in [-0.05, 0) is 32.8 Å². The van der Waals surface area contributed by atoms with Gasteiger partial charge in [-0.1, -0.05) is 82.4 Å². The zero-order valence-electron chi connectivity index (χ0n) is 21.0. The van der Waals surface area contributed by atoms with Crippen molar-refractivity contribution >= 4 is 47.7 Å². The largest absolute Gasteiger partial charge is 0.184 e. The Hall–Kier alpha value is -1.83. The van der Waals surface area contributed by atoms with Gasteiger partial charge < -0.3 is 0 Å². The minimum atomic E-state index is -0.826. The molecule has 0 amide bonds. The van der Waals surface area contributed by atoms with Gasteiger partial charge in [-0.2, -0.15) is 35.5 Å². The van der Waals surface area contributed by atoms with Crippen LogP contribution in [0.2, 0.25) is 0 Å². The number of rotatable bonds is 2. The fourth-order valence-corrected chi connectivity index (χ4v) is 6.20. The summed E-state index contributed by atoms with van der Waals surface area (Å²) >= 11 is -0.826. The third kappa shape index (κ3) is 6.17. The van der Waals surface area contributed by atoms with E-state index >= 15 is 0 Å². The average Bonchev–Trinajstić information content (AvgIpc) is 3.45. The Labute approximate surface area is 236 Å². The molecular weight excluding hydrogens is 575 g/mol. The summed E-state index contributed by atoms with van der Waals surface area (Å²) in [5.41, 5.74) is 11.0. The van der Waals surface area contributed by atoms with Crippen molar-refractivity contribution in [3.05, 3.63) is 113 Å². The van der Waals surface area contributed by atoms with E-state index in [1.165, 1.54) is 65.7 Å². The molecule has 5 aromatic carbocycles. The molecule has 0 unspecified atom stereocenters. The molecule has 1 aliphatic heterocycles. The molecule has 178 valence electrons. The summed E-state index contributed by atoms with van der Waals surface area (Å²) < 4.78 is 0. The third-order valence-electron chi connectivity index (χ3n) is 6.41. The number of hydrogen-bond donors (Lipinski definition) is 0. The van der Waals surface area contributed by atoms with Crippen molar-refractivity contribution in [3.63, 3.8) is 0 Å². The maximum atomic E-state index is 4.93. The maximum Gasteiger partial charge on any atom is 0.0920 e. The van der Waals surface area contributed by atoms with E-state index in [2.05, 4.69) is 113 Å². The van der Waals surface area contributed by atoms with E-state index in [1.807, 2.05) is 6.07 Å². The van der Waals surface area contributed by atoms with Crippen LogP contribution in [-0.4, -0.2) is 9.52 Å². The van der Waals surface area contributed by atoms with Crippen molar-refractivity contribution in [3.8, 4) is 22.3 Å². The van der Waals surface area contributed by atoms with Crippen LogP contribution in [0.4, 0.5) is 0 Å². The van der Waals surface area contributed by atoms with Crippen molar-refractivity contribution in [1.29, 1.82) is 0 Å². The van der Waals surface area contributed by atoms with E-state index in [4.69, 9.17) is 17.0 Å². The molecule has 0 nitrogen and oxygen atoms in total. The van der Waals surface area contributed by atoms with Crippen LogP contribution in [0.3, 0.4) is 0 Å². The first kappa shape index (κ1) is 27.2. The second kappa shape index (κ2) is 12.6. The van der Waals surface area contributed by atoms with Gasteiger partial charge in [0.2, 0.25) is 0 Å². The molecule has 5 aromatic rings. The summed E-state index contributed by atoms with van der Waals surface area (Å²) in [6.45, 7) is 8.78. The molecular formula is C32H28Cl2SiZr. The Morgan fingerprint density at radius 3 is 2.28 bits per heavy atom. The van der Waals surface area contributed by atoms with E-state index in [0.29, 0.717) is 0 Å². The van der Waals surface area contributed by atoms with E-state index in [1.54, 1.807) is 0 Å². The summed E-state index contributed by atoms with van der Waals surface area (Å²) in [5, 5.41) is 5.58. The molecule has 0 spiro atoms. The Kier molecular flexibility index (Phi) is 9.53. The number of aryl methyl sites for hydroxylation is 4. The van der Waals surface area contributed by atoms with Crippen LogP contribution < -0.4 is 10.4 Å². The van der Waals surface area contributed by atoms with Crippen LogP contribution in [0, 0.1) is 26.8 Å². The van der Waals surface area contributed by atoms with Gasteiger partial charge in [-0.15, -0.1) is 40.1 Å². The minimum Gasteiger partial charge on any atom is -0.184 e. The van der Waals surface area contributed by atoms with Gasteiger partial charge in [0.05, 0.1) is 9.52 Å². The number of hydrogen-bond acceptors (Lipinski definition) is 0. The third-order valence-corrected chi connectivity index (χ3v) is 7.78. The summed E-state index contributed by atoms with van der Waals surface area (Å²) in [7, 11) is 10.7. The van der Waals surface area contributed by atoms with Gasteiger partial charge in [0.15, 0.2) is 0 Å². The smallest absolute Gasteiger partial charge is 0.0920 e. The minimum absolute atomic E-state index is 0.795. The van der Waals surface area contributed by atoms with Crippen LogP contribution in [-0.2, 0) is 27.3 Å². The normalized spacial score (nSPS) is 10.9. The first-order valence-corrected chi connectivity index (χ1v) is 19.4. The predicted octanol–water partition coefficient (Wildman–Crippen LogP) is 8.21. The molecule has 36 heavy (non-hydrogen) atoms. The Morgan fingerprint density at radius 2 is 1.56 bits per heavy atom. The molecule has 0 saturated heterocycles. The maximum absolute atomic E-state index is 4.93. The van der Waals surface area contributed by atoms with Crippen LogP contribution in [0.1, 0.15) is 29.2 Å². The summed E-state index contributed by atoms with van der Waals surface area (Å²) in [6, 6.07) is 34.2. The quantitative estimate of drug-likeness (QED) is 0.138. The molecule has 0 atom stereocenters. The first-order chi connectivity index (χ1) is 17.4. The van der Waals surface area contributed by atoms with Gasteiger partial charge in [0, 0.05) is 0 Å². The van der Waals surface area contributed by atoms with Crippen molar-refractivity contribution < 1.29 is 20.8 Å². The first-order valence-electron chi connectivity index (χ1n) is 12.1. The molecule has 4 heteroatoms. The Balaban J connectivity index is 0.000000163. The van der Waals surface area contributed by atoms with Crippen molar-refractivity contribution in [2.45, 2.75) is 34.1 Å². The van der Waals surface area contributed by atoms with E-state index in [9.17, 15) is 0 Å².